The molecule has 1 unspecified atom stereocenters. The fourth-order valence-corrected chi connectivity index (χ4v) is 4.46. The van der Waals surface area contributed by atoms with Crippen molar-refractivity contribution in [1.82, 2.24) is 29.4 Å². The Balaban J connectivity index is 0.00000272. The third kappa shape index (κ3) is 5.31. The van der Waals surface area contributed by atoms with Gasteiger partial charge in [0.2, 0.25) is 5.91 Å². The number of guanidine groups is 1. The molecule has 9 heteroatoms. The highest BCUT2D eigenvalue weighted by atomic mass is 127. The summed E-state index contributed by atoms with van der Waals surface area (Å²) in [5, 5.41) is 3.45. The molecule has 1 amide bonds. The number of pyridine rings is 1. The van der Waals surface area contributed by atoms with Gasteiger partial charge in [-0.15, -0.1) is 24.0 Å². The molecule has 0 spiro atoms. The zero-order valence-corrected chi connectivity index (χ0v) is 21.1. The van der Waals surface area contributed by atoms with Crippen LogP contribution in [0.4, 0.5) is 0 Å². The van der Waals surface area contributed by atoms with E-state index in [1.54, 1.807) is 0 Å². The largest absolute Gasteiger partial charge is 0.351 e. The third-order valence-electron chi connectivity index (χ3n) is 6.32. The van der Waals surface area contributed by atoms with Crippen molar-refractivity contribution in [3.63, 3.8) is 0 Å². The van der Waals surface area contributed by atoms with Crippen LogP contribution in [0.3, 0.4) is 0 Å². The van der Waals surface area contributed by atoms with Gasteiger partial charge in [-0.3, -0.25) is 14.7 Å². The van der Waals surface area contributed by atoms with E-state index in [1.165, 1.54) is 5.69 Å². The monoisotopic (exact) mass is 539 g/mol. The minimum atomic E-state index is -0.0403. The van der Waals surface area contributed by atoms with Gasteiger partial charge in [-0.1, -0.05) is 6.07 Å². The minimum Gasteiger partial charge on any atom is -0.351 e. The number of amides is 1. The minimum absolute atomic E-state index is 0. The molecule has 2 aromatic heterocycles. The highest BCUT2D eigenvalue weighted by Gasteiger charge is 2.30. The zero-order chi connectivity index (χ0) is 21.1. The Morgan fingerprint density at radius 2 is 1.84 bits per heavy atom. The predicted octanol–water partition coefficient (Wildman–Crippen LogP) is 1.96. The maximum atomic E-state index is 12.7. The number of aryl methyl sites for hydroxylation is 1. The lowest BCUT2D eigenvalue weighted by molar-refractivity contribution is -0.135. The predicted molar refractivity (Wildman–Crippen MR) is 134 cm³/mol. The Hall–Kier alpha value is -1.88. The number of aliphatic imine (C=N–C) groups is 1. The fraction of sp³-hybridized carbons (Fsp3) is 0.591. The summed E-state index contributed by atoms with van der Waals surface area (Å²) in [5.41, 5.74) is 3.13. The normalized spacial score (nSPS) is 18.9. The van der Waals surface area contributed by atoms with E-state index < -0.39 is 0 Å². The average molecular weight is 539 g/mol. The number of piperazine rings is 1. The van der Waals surface area contributed by atoms with Gasteiger partial charge < -0.3 is 19.5 Å². The number of likely N-dealkylation sites (tertiary alicyclic amines) is 1. The summed E-state index contributed by atoms with van der Waals surface area (Å²) in [7, 11) is 1.82. The number of carbonyl (C=O) groups is 1. The van der Waals surface area contributed by atoms with E-state index in [0.29, 0.717) is 6.54 Å². The first-order chi connectivity index (χ1) is 14.6. The molecule has 8 nitrogen and oxygen atoms in total. The van der Waals surface area contributed by atoms with Gasteiger partial charge in [-0.25, -0.2) is 4.98 Å². The van der Waals surface area contributed by atoms with Crippen LogP contribution in [-0.4, -0.2) is 88.3 Å². The van der Waals surface area contributed by atoms with E-state index in [4.69, 9.17) is 4.98 Å². The first-order valence-corrected chi connectivity index (χ1v) is 11.0. The van der Waals surface area contributed by atoms with Gasteiger partial charge in [-0.2, -0.15) is 0 Å². The summed E-state index contributed by atoms with van der Waals surface area (Å²) in [6.45, 7) is 10.1. The van der Waals surface area contributed by atoms with Crippen molar-refractivity contribution in [1.29, 1.82) is 0 Å². The molecule has 31 heavy (non-hydrogen) atoms. The van der Waals surface area contributed by atoms with Gasteiger partial charge in [0.05, 0.1) is 18.3 Å². The maximum Gasteiger partial charge on any atom is 0.239 e. The van der Waals surface area contributed by atoms with Gasteiger partial charge in [0, 0.05) is 58.2 Å². The second-order valence-corrected chi connectivity index (χ2v) is 8.26. The van der Waals surface area contributed by atoms with Crippen molar-refractivity contribution >= 4 is 41.5 Å². The number of nitrogens with one attached hydrogen (secondary N) is 1. The van der Waals surface area contributed by atoms with Crippen molar-refractivity contribution in [3.8, 4) is 0 Å². The molecule has 4 rings (SSSR count). The third-order valence-corrected chi connectivity index (χ3v) is 6.32. The van der Waals surface area contributed by atoms with Gasteiger partial charge in [0.1, 0.15) is 5.65 Å². The Morgan fingerprint density at radius 1 is 1.13 bits per heavy atom. The molecule has 2 saturated heterocycles. The van der Waals surface area contributed by atoms with Gasteiger partial charge in [0.15, 0.2) is 5.96 Å². The molecule has 2 fully saturated rings. The van der Waals surface area contributed by atoms with Crippen molar-refractivity contribution in [2.24, 2.45) is 4.99 Å². The highest BCUT2D eigenvalue weighted by molar-refractivity contribution is 14.0. The molecule has 1 N–H and O–H groups in total. The summed E-state index contributed by atoms with van der Waals surface area (Å²) in [6, 6.07) is 6.10. The fourth-order valence-electron chi connectivity index (χ4n) is 4.46. The van der Waals surface area contributed by atoms with E-state index >= 15 is 0 Å². The van der Waals surface area contributed by atoms with Gasteiger partial charge in [0.25, 0.3) is 0 Å². The van der Waals surface area contributed by atoms with Crippen LogP contribution in [0.2, 0.25) is 0 Å². The van der Waals surface area contributed by atoms with Crippen molar-refractivity contribution < 1.29 is 4.79 Å². The Labute approximate surface area is 201 Å². The molecule has 1 atom stereocenters. The number of carbonyl (C=O) groups excluding carboxylic acids is 1. The Morgan fingerprint density at radius 3 is 2.48 bits per heavy atom. The van der Waals surface area contributed by atoms with Crippen molar-refractivity contribution in [2.45, 2.75) is 39.3 Å². The second-order valence-electron chi connectivity index (χ2n) is 8.26. The molecule has 170 valence electrons. The summed E-state index contributed by atoms with van der Waals surface area (Å²) in [5.74, 6) is 1.17. The topological polar surface area (TPSA) is 68.5 Å². The number of imidazole rings is 1. The molecule has 0 saturated carbocycles. The van der Waals surface area contributed by atoms with Gasteiger partial charge in [-0.05, 0) is 38.8 Å². The standard InChI is InChI=1S/C22H33N7O.HI/c1-17-7-6-8-20-25-19(16-29(17)20)15-24-22(23-3)28-13-11-26(12-14-28)18(2)21(30)27-9-4-5-10-27;/h6-8,16,18H,4-5,9-15H2,1-3H3,(H,23,24);1H. The number of fused-ring (bicyclic) bond motifs is 1. The SMILES string of the molecule is CN=C(NCc1cn2c(C)cccc2n1)N1CCN(C(C)C(=O)N2CCCC2)CC1.I. The van der Waals surface area contributed by atoms with E-state index in [1.807, 2.05) is 24.1 Å². The lowest BCUT2D eigenvalue weighted by Gasteiger charge is -2.39. The molecule has 2 aliphatic heterocycles. The number of hydrogen-bond donors (Lipinski definition) is 1. The summed E-state index contributed by atoms with van der Waals surface area (Å²) >= 11 is 0. The second kappa shape index (κ2) is 10.6. The quantitative estimate of drug-likeness (QED) is 0.366. The molecule has 4 heterocycles. The van der Waals surface area contributed by atoms with Crippen LogP contribution in [0.25, 0.3) is 5.65 Å². The van der Waals surface area contributed by atoms with Crippen molar-refractivity contribution in [2.75, 3.05) is 46.3 Å². The van der Waals surface area contributed by atoms with Crippen LogP contribution in [0.15, 0.2) is 29.4 Å². The molecule has 2 aromatic rings. The number of hydrogen-bond acceptors (Lipinski definition) is 4. The van der Waals surface area contributed by atoms with E-state index in [-0.39, 0.29) is 35.9 Å². The number of halogens is 1. The summed E-state index contributed by atoms with van der Waals surface area (Å²) in [4.78, 5) is 28.5. The van der Waals surface area contributed by atoms with Crippen molar-refractivity contribution in [3.05, 3.63) is 35.8 Å². The molecule has 0 aliphatic carbocycles. The zero-order valence-electron chi connectivity index (χ0n) is 18.8. The highest BCUT2D eigenvalue weighted by Crippen LogP contribution is 2.14. The maximum absolute atomic E-state index is 12.7. The number of nitrogens with zero attached hydrogens (tertiary/aromatic N) is 6. The van der Waals surface area contributed by atoms with E-state index in [9.17, 15) is 4.79 Å². The smallest absolute Gasteiger partial charge is 0.239 e. The molecular weight excluding hydrogens is 505 g/mol. The van der Waals surface area contributed by atoms with Crippen LogP contribution in [-0.2, 0) is 11.3 Å². The van der Waals surface area contributed by atoms with E-state index in [0.717, 1.165) is 69.4 Å². The van der Waals surface area contributed by atoms with E-state index in [2.05, 4.69) is 50.6 Å². The molecule has 0 aromatic carbocycles. The summed E-state index contributed by atoms with van der Waals surface area (Å²) in [6.07, 6.45) is 4.36. The first-order valence-electron chi connectivity index (χ1n) is 11.0. The molecule has 0 radical (unpaired) electrons. The number of rotatable bonds is 4. The Kier molecular flexibility index (Phi) is 8.15. The number of aromatic nitrogens is 2. The lowest BCUT2D eigenvalue weighted by Crippen LogP contribution is -2.57. The average Bonchev–Trinajstić information content (AvgIpc) is 3.44. The molecular formula is C22H34IN7O. The Bertz CT molecular complexity index is 914. The van der Waals surface area contributed by atoms with Crippen LogP contribution < -0.4 is 5.32 Å². The molecule has 2 aliphatic rings. The summed E-state index contributed by atoms with van der Waals surface area (Å²) < 4.78 is 2.11. The van der Waals surface area contributed by atoms with Crippen LogP contribution >= 0.6 is 24.0 Å². The van der Waals surface area contributed by atoms with Crippen LogP contribution in [0, 0.1) is 6.92 Å². The van der Waals surface area contributed by atoms with Crippen LogP contribution in [0.5, 0.6) is 0 Å². The van der Waals surface area contributed by atoms with Crippen LogP contribution in [0.1, 0.15) is 31.2 Å². The van der Waals surface area contributed by atoms with Gasteiger partial charge >= 0.3 is 0 Å². The first kappa shape index (κ1) is 23.8. The molecule has 0 bridgehead atoms. The lowest BCUT2D eigenvalue weighted by atomic mass is 10.2.